The zero-order valence-corrected chi connectivity index (χ0v) is 13.6. The van der Waals surface area contributed by atoms with E-state index < -0.39 is 5.97 Å². The lowest BCUT2D eigenvalue weighted by molar-refractivity contribution is -0.135. The van der Waals surface area contributed by atoms with E-state index in [-0.39, 0.29) is 6.54 Å². The predicted molar refractivity (Wildman–Crippen MR) is 90.4 cm³/mol. The van der Waals surface area contributed by atoms with Crippen molar-refractivity contribution in [3.05, 3.63) is 46.4 Å². The van der Waals surface area contributed by atoms with Gasteiger partial charge in [-0.05, 0) is 36.4 Å². The van der Waals surface area contributed by atoms with E-state index in [0.717, 1.165) is 24.2 Å². The molecule has 2 rings (SSSR count). The Kier molecular flexibility index (Phi) is 6.65. The van der Waals surface area contributed by atoms with Crippen LogP contribution in [0.4, 0.5) is 5.69 Å². The molecule has 22 heavy (non-hydrogen) atoms. The molecular formula is C18H25N2O2+. The van der Waals surface area contributed by atoms with Gasteiger partial charge in [-0.2, -0.15) is 0 Å². The molecule has 2 N–H and O–H groups in total. The topological polar surface area (TPSA) is 53.7 Å². The zero-order chi connectivity index (χ0) is 16.6. The zero-order valence-electron chi connectivity index (χ0n) is 13.6. The molecule has 4 heteroatoms. The Morgan fingerprint density at radius 3 is 2.50 bits per heavy atom. The lowest BCUT2D eigenvalue weighted by Crippen LogP contribution is -2.29. The molecule has 0 bridgehead atoms. The van der Waals surface area contributed by atoms with Crippen LogP contribution >= 0.6 is 0 Å². The molecule has 1 aromatic rings. The third-order valence-electron chi connectivity index (χ3n) is 3.71. The Bertz CT molecular complexity index is 568. The summed E-state index contributed by atoms with van der Waals surface area (Å²) in [6, 6.07) is 9.41. The Balaban J connectivity index is 0.000000255. The van der Waals surface area contributed by atoms with Crippen LogP contribution in [-0.4, -0.2) is 17.6 Å². The van der Waals surface area contributed by atoms with Gasteiger partial charge in [0.1, 0.15) is 6.54 Å². The van der Waals surface area contributed by atoms with E-state index in [4.69, 9.17) is 11.7 Å². The van der Waals surface area contributed by atoms with E-state index in [0.29, 0.717) is 5.41 Å². The van der Waals surface area contributed by atoms with E-state index in [1.165, 1.54) is 12.0 Å². The molecule has 0 amide bonds. The minimum atomic E-state index is -0.798. The van der Waals surface area contributed by atoms with Crippen molar-refractivity contribution in [1.82, 2.24) is 5.32 Å². The first-order valence-corrected chi connectivity index (χ1v) is 7.44. The van der Waals surface area contributed by atoms with Crippen LogP contribution in [0.3, 0.4) is 0 Å². The number of benzene rings is 1. The summed E-state index contributed by atoms with van der Waals surface area (Å²) in [5, 5.41) is 11.6. The van der Waals surface area contributed by atoms with Gasteiger partial charge in [0.15, 0.2) is 0 Å². The van der Waals surface area contributed by atoms with Crippen LogP contribution in [0.2, 0.25) is 0 Å². The van der Waals surface area contributed by atoms with Gasteiger partial charge >= 0.3 is 11.7 Å². The summed E-state index contributed by atoms with van der Waals surface area (Å²) in [5.41, 5.74) is 3.56. The minimum Gasteiger partial charge on any atom is -0.480 e. The molecule has 0 saturated carbocycles. The Labute approximate surface area is 132 Å². The molecule has 118 valence electrons. The minimum absolute atomic E-state index is 0.0305. The van der Waals surface area contributed by atoms with Crippen LogP contribution in [0.25, 0.3) is 4.85 Å². The van der Waals surface area contributed by atoms with Crippen molar-refractivity contribution in [3.63, 3.8) is 0 Å². The molecule has 0 aromatic heterocycles. The van der Waals surface area contributed by atoms with Crippen molar-refractivity contribution >= 4 is 11.7 Å². The molecule has 0 atom stereocenters. The second kappa shape index (κ2) is 8.23. The molecule has 0 unspecified atom stereocenters. The van der Waals surface area contributed by atoms with Crippen molar-refractivity contribution in [2.45, 2.75) is 40.0 Å². The second-order valence-electron chi connectivity index (χ2n) is 6.31. The Morgan fingerprint density at radius 2 is 2.00 bits per heavy atom. The lowest BCUT2D eigenvalue weighted by Gasteiger charge is -2.32. The first-order chi connectivity index (χ1) is 10.3. The average molecular weight is 301 g/mol. The standard InChI is InChI=1S/C11H19NO2.C7H6N/c1-8-4-5-11(2,3)6-9(8)12-7-10(13)14;1-8-7-5-3-2-4-6-7/h12H,4-7H2,1-3H3,(H,13,14);1-6H/q;+1. The summed E-state index contributed by atoms with van der Waals surface area (Å²) in [7, 11) is 0. The molecule has 0 aliphatic heterocycles. The molecule has 1 aromatic carbocycles. The highest BCUT2D eigenvalue weighted by Crippen LogP contribution is 2.37. The molecule has 0 radical (unpaired) electrons. The van der Waals surface area contributed by atoms with Crippen molar-refractivity contribution in [2.75, 3.05) is 6.54 Å². The highest BCUT2D eigenvalue weighted by molar-refractivity contribution is 5.69. The number of rotatable bonds is 3. The quantitative estimate of drug-likeness (QED) is 0.868. The molecule has 0 saturated heterocycles. The monoisotopic (exact) mass is 301 g/mol. The van der Waals surface area contributed by atoms with E-state index in [1.807, 2.05) is 30.3 Å². The number of hydrogen-bond acceptors (Lipinski definition) is 2. The van der Waals surface area contributed by atoms with E-state index >= 15 is 0 Å². The molecule has 0 spiro atoms. The van der Waals surface area contributed by atoms with Crippen LogP contribution in [0.15, 0.2) is 41.6 Å². The van der Waals surface area contributed by atoms with Crippen molar-refractivity contribution in [1.29, 1.82) is 0 Å². The maximum atomic E-state index is 10.4. The van der Waals surface area contributed by atoms with Crippen molar-refractivity contribution in [2.24, 2.45) is 5.41 Å². The number of nitrogens with one attached hydrogen (secondary N) is 1. The highest BCUT2D eigenvalue weighted by Gasteiger charge is 2.25. The summed E-state index contributed by atoms with van der Waals surface area (Å²) in [4.78, 5) is 13.9. The average Bonchev–Trinajstić information content (AvgIpc) is 2.49. The fourth-order valence-corrected chi connectivity index (χ4v) is 2.30. The maximum Gasteiger partial charge on any atom is 0.339 e. The second-order valence-corrected chi connectivity index (χ2v) is 6.31. The van der Waals surface area contributed by atoms with Gasteiger partial charge in [0, 0.05) is 17.8 Å². The van der Waals surface area contributed by atoms with Gasteiger partial charge in [-0.3, -0.25) is 4.79 Å². The Morgan fingerprint density at radius 1 is 1.36 bits per heavy atom. The number of aliphatic carboxylic acids is 1. The fraction of sp³-hybridized carbons (Fsp3) is 0.444. The fourth-order valence-electron chi connectivity index (χ4n) is 2.30. The van der Waals surface area contributed by atoms with Gasteiger partial charge in [0.2, 0.25) is 0 Å². The third-order valence-corrected chi connectivity index (χ3v) is 3.71. The molecule has 0 fully saturated rings. The smallest absolute Gasteiger partial charge is 0.339 e. The van der Waals surface area contributed by atoms with Crippen molar-refractivity contribution in [3.8, 4) is 6.57 Å². The normalized spacial score (nSPS) is 16.1. The SMILES string of the molecule is C#[N+]c1ccccc1.CC1=C(NCC(=O)O)CC(C)(C)CC1. The van der Waals surface area contributed by atoms with Gasteiger partial charge in [-0.25, -0.2) is 0 Å². The largest absolute Gasteiger partial charge is 0.480 e. The summed E-state index contributed by atoms with van der Waals surface area (Å²) in [6.07, 6.45) is 3.23. The van der Waals surface area contributed by atoms with Gasteiger partial charge < -0.3 is 10.4 Å². The van der Waals surface area contributed by atoms with Gasteiger partial charge in [0.05, 0.1) is 0 Å². The number of hydrogen-bond donors (Lipinski definition) is 2. The van der Waals surface area contributed by atoms with Crippen LogP contribution < -0.4 is 5.32 Å². The summed E-state index contributed by atoms with van der Waals surface area (Å²) in [6.45, 7) is 11.5. The van der Waals surface area contributed by atoms with Crippen LogP contribution in [-0.2, 0) is 4.79 Å². The number of carboxylic acid groups (broad SMARTS) is 1. The third kappa shape index (κ3) is 6.45. The van der Waals surface area contributed by atoms with E-state index in [9.17, 15) is 4.79 Å². The number of carboxylic acids is 1. The number of allylic oxidation sites excluding steroid dienone is 2. The lowest BCUT2D eigenvalue weighted by atomic mass is 9.77. The van der Waals surface area contributed by atoms with Crippen LogP contribution in [0.1, 0.15) is 40.0 Å². The molecular weight excluding hydrogens is 276 g/mol. The van der Waals surface area contributed by atoms with Gasteiger partial charge in [-0.15, -0.1) is 0 Å². The number of carbonyl (C=O) groups is 1. The van der Waals surface area contributed by atoms with E-state index in [1.54, 1.807) is 0 Å². The van der Waals surface area contributed by atoms with Gasteiger partial charge in [-0.1, -0.05) is 37.6 Å². The van der Waals surface area contributed by atoms with Crippen LogP contribution in [0, 0.1) is 12.0 Å². The van der Waals surface area contributed by atoms with Crippen molar-refractivity contribution < 1.29 is 9.90 Å². The summed E-state index contributed by atoms with van der Waals surface area (Å²) < 4.78 is 0. The molecule has 1 aliphatic rings. The number of nitrogens with zero attached hydrogens (tertiary/aromatic N) is 1. The first-order valence-electron chi connectivity index (χ1n) is 7.44. The van der Waals surface area contributed by atoms with E-state index in [2.05, 4.69) is 30.9 Å². The summed E-state index contributed by atoms with van der Waals surface area (Å²) in [5.74, 6) is -0.798. The Hall–Kier alpha value is -2.28. The summed E-state index contributed by atoms with van der Waals surface area (Å²) >= 11 is 0. The highest BCUT2D eigenvalue weighted by atomic mass is 16.4. The molecule has 4 nitrogen and oxygen atoms in total. The van der Waals surface area contributed by atoms with Gasteiger partial charge in [0.25, 0.3) is 6.57 Å². The predicted octanol–water partition coefficient (Wildman–Crippen LogP) is 4.43. The molecule has 1 aliphatic carbocycles. The first kappa shape index (κ1) is 17.8. The maximum absolute atomic E-state index is 10.4. The number of para-hydroxylation sites is 1. The molecule has 0 heterocycles. The van der Waals surface area contributed by atoms with Crippen LogP contribution in [0.5, 0.6) is 0 Å².